The molecule has 0 aromatic heterocycles. The number of ether oxygens (including phenoxy) is 1. The third kappa shape index (κ3) is 1.69. The Morgan fingerprint density at radius 2 is 2.29 bits per heavy atom. The normalized spacial score (nSPS) is 20.4. The summed E-state index contributed by atoms with van der Waals surface area (Å²) in [5.41, 5.74) is 1.52. The SMILES string of the molecule is Cc1cc(F)cc(C2CNC(=O)O2)c1. The summed E-state index contributed by atoms with van der Waals surface area (Å²) >= 11 is 0. The number of hydrogen-bond donors (Lipinski definition) is 1. The Kier molecular flexibility index (Phi) is 2.11. The van der Waals surface area contributed by atoms with Crippen LogP contribution in [0.4, 0.5) is 9.18 Å². The molecule has 1 atom stereocenters. The van der Waals surface area contributed by atoms with Crippen LogP contribution in [0.3, 0.4) is 0 Å². The lowest BCUT2D eigenvalue weighted by Gasteiger charge is -2.08. The second-order valence-electron chi connectivity index (χ2n) is 3.34. The molecule has 1 aliphatic heterocycles. The molecular weight excluding hydrogens is 185 g/mol. The molecular formula is C10H10FNO2. The van der Waals surface area contributed by atoms with E-state index in [4.69, 9.17) is 4.74 Å². The Balaban J connectivity index is 2.27. The highest BCUT2D eigenvalue weighted by Gasteiger charge is 2.24. The Morgan fingerprint density at radius 1 is 1.50 bits per heavy atom. The number of hydrogen-bond acceptors (Lipinski definition) is 2. The summed E-state index contributed by atoms with van der Waals surface area (Å²) in [6.07, 6.45) is -0.811. The predicted molar refractivity (Wildman–Crippen MR) is 48.4 cm³/mol. The summed E-state index contributed by atoms with van der Waals surface area (Å²) in [6.45, 7) is 2.21. The van der Waals surface area contributed by atoms with Gasteiger partial charge in [-0.05, 0) is 30.2 Å². The number of aryl methyl sites for hydroxylation is 1. The van der Waals surface area contributed by atoms with E-state index in [0.717, 1.165) is 5.56 Å². The number of benzene rings is 1. The van der Waals surface area contributed by atoms with Gasteiger partial charge in [-0.2, -0.15) is 0 Å². The maximum atomic E-state index is 13.0. The van der Waals surface area contributed by atoms with Crippen molar-refractivity contribution in [3.8, 4) is 0 Å². The topological polar surface area (TPSA) is 38.3 Å². The van der Waals surface area contributed by atoms with E-state index < -0.39 is 6.09 Å². The van der Waals surface area contributed by atoms with Gasteiger partial charge in [-0.3, -0.25) is 0 Å². The number of carbonyl (C=O) groups is 1. The zero-order chi connectivity index (χ0) is 10.1. The molecule has 1 amide bonds. The molecule has 1 saturated heterocycles. The maximum absolute atomic E-state index is 13.0. The zero-order valence-corrected chi connectivity index (χ0v) is 7.71. The molecule has 0 spiro atoms. The van der Waals surface area contributed by atoms with Crippen molar-refractivity contribution in [2.24, 2.45) is 0 Å². The lowest BCUT2D eigenvalue weighted by Crippen LogP contribution is -2.12. The van der Waals surface area contributed by atoms with Gasteiger partial charge in [0.05, 0.1) is 6.54 Å². The molecule has 0 radical (unpaired) electrons. The molecule has 4 heteroatoms. The van der Waals surface area contributed by atoms with Crippen molar-refractivity contribution < 1.29 is 13.9 Å². The van der Waals surface area contributed by atoms with Crippen molar-refractivity contribution in [3.05, 3.63) is 35.1 Å². The van der Waals surface area contributed by atoms with Gasteiger partial charge in [-0.15, -0.1) is 0 Å². The van der Waals surface area contributed by atoms with Crippen LogP contribution in [0.5, 0.6) is 0 Å². The molecule has 1 aromatic rings. The summed E-state index contributed by atoms with van der Waals surface area (Å²) in [6, 6.07) is 4.64. The van der Waals surface area contributed by atoms with Crippen molar-refractivity contribution in [1.29, 1.82) is 0 Å². The Labute approximate surface area is 80.9 Å². The third-order valence-corrected chi connectivity index (χ3v) is 2.12. The second kappa shape index (κ2) is 3.29. The van der Waals surface area contributed by atoms with Crippen molar-refractivity contribution in [2.45, 2.75) is 13.0 Å². The van der Waals surface area contributed by atoms with Crippen LogP contribution in [0, 0.1) is 12.7 Å². The van der Waals surface area contributed by atoms with E-state index in [1.165, 1.54) is 12.1 Å². The molecule has 2 rings (SSSR count). The van der Waals surface area contributed by atoms with Crippen molar-refractivity contribution in [2.75, 3.05) is 6.54 Å². The number of halogens is 1. The lowest BCUT2D eigenvalue weighted by atomic mass is 10.1. The van der Waals surface area contributed by atoms with Crippen LogP contribution in [0.1, 0.15) is 17.2 Å². The third-order valence-electron chi connectivity index (χ3n) is 2.12. The molecule has 1 fully saturated rings. The van der Waals surface area contributed by atoms with E-state index in [1.807, 2.05) is 6.07 Å². The number of rotatable bonds is 1. The number of amides is 1. The average molecular weight is 195 g/mol. The smallest absolute Gasteiger partial charge is 0.407 e. The van der Waals surface area contributed by atoms with Crippen LogP contribution >= 0.6 is 0 Å². The van der Waals surface area contributed by atoms with Gasteiger partial charge < -0.3 is 10.1 Å². The summed E-state index contributed by atoms with van der Waals surface area (Å²) in [5.74, 6) is -0.303. The minimum Gasteiger partial charge on any atom is -0.439 e. The first-order chi connectivity index (χ1) is 6.65. The molecule has 1 unspecified atom stereocenters. The van der Waals surface area contributed by atoms with Crippen LogP contribution in [0.2, 0.25) is 0 Å². The molecule has 1 heterocycles. The van der Waals surface area contributed by atoms with E-state index in [0.29, 0.717) is 12.1 Å². The first-order valence-electron chi connectivity index (χ1n) is 4.37. The molecule has 1 aromatic carbocycles. The summed E-state index contributed by atoms with van der Waals surface area (Å²) < 4.78 is 18.0. The molecule has 1 aliphatic rings. The van der Waals surface area contributed by atoms with E-state index in [9.17, 15) is 9.18 Å². The van der Waals surface area contributed by atoms with Crippen LogP contribution in [-0.2, 0) is 4.74 Å². The van der Waals surface area contributed by atoms with Crippen LogP contribution in [0.15, 0.2) is 18.2 Å². The fourth-order valence-corrected chi connectivity index (χ4v) is 1.52. The highest BCUT2D eigenvalue weighted by molar-refractivity contribution is 5.69. The minimum atomic E-state index is -0.447. The largest absolute Gasteiger partial charge is 0.439 e. The predicted octanol–water partition coefficient (Wildman–Crippen LogP) is 1.92. The molecule has 14 heavy (non-hydrogen) atoms. The first kappa shape index (κ1) is 8.99. The quantitative estimate of drug-likeness (QED) is 0.743. The van der Waals surface area contributed by atoms with Gasteiger partial charge >= 0.3 is 6.09 Å². The number of carbonyl (C=O) groups excluding carboxylic acids is 1. The fourth-order valence-electron chi connectivity index (χ4n) is 1.52. The van der Waals surface area contributed by atoms with Gasteiger partial charge in [0.25, 0.3) is 0 Å². The standard InChI is InChI=1S/C10H10FNO2/c1-6-2-7(4-8(11)3-6)9-5-12-10(13)14-9/h2-4,9H,5H2,1H3,(H,12,13). The van der Waals surface area contributed by atoms with Crippen molar-refractivity contribution in [3.63, 3.8) is 0 Å². The molecule has 3 nitrogen and oxygen atoms in total. The minimum absolute atomic E-state index is 0.303. The highest BCUT2D eigenvalue weighted by Crippen LogP contribution is 2.22. The van der Waals surface area contributed by atoms with Gasteiger partial charge in [0.15, 0.2) is 0 Å². The van der Waals surface area contributed by atoms with E-state index in [1.54, 1.807) is 6.92 Å². The number of alkyl carbamates (subject to hydrolysis) is 1. The molecule has 1 N–H and O–H groups in total. The molecule has 0 aliphatic carbocycles. The van der Waals surface area contributed by atoms with Gasteiger partial charge in [0, 0.05) is 0 Å². The lowest BCUT2D eigenvalue weighted by molar-refractivity contribution is 0.141. The molecule has 0 saturated carbocycles. The Morgan fingerprint density at radius 3 is 2.86 bits per heavy atom. The molecule has 74 valence electrons. The number of cyclic esters (lactones) is 1. The van der Waals surface area contributed by atoms with Crippen LogP contribution < -0.4 is 5.32 Å². The van der Waals surface area contributed by atoms with Crippen LogP contribution in [0.25, 0.3) is 0 Å². The first-order valence-corrected chi connectivity index (χ1v) is 4.37. The van der Waals surface area contributed by atoms with Crippen molar-refractivity contribution >= 4 is 6.09 Å². The van der Waals surface area contributed by atoms with Gasteiger partial charge in [-0.25, -0.2) is 9.18 Å². The molecule has 0 bridgehead atoms. The summed E-state index contributed by atoms with van der Waals surface area (Å²) in [4.78, 5) is 10.8. The highest BCUT2D eigenvalue weighted by atomic mass is 19.1. The van der Waals surface area contributed by atoms with E-state index in [2.05, 4.69) is 5.32 Å². The van der Waals surface area contributed by atoms with E-state index >= 15 is 0 Å². The van der Waals surface area contributed by atoms with Gasteiger partial charge in [0.2, 0.25) is 0 Å². The summed E-state index contributed by atoms with van der Waals surface area (Å²) in [5, 5.41) is 2.52. The monoisotopic (exact) mass is 195 g/mol. The number of nitrogens with one attached hydrogen (secondary N) is 1. The Hall–Kier alpha value is -1.58. The van der Waals surface area contributed by atoms with Gasteiger partial charge in [-0.1, -0.05) is 6.07 Å². The Bertz CT molecular complexity index is 358. The second-order valence-corrected chi connectivity index (χ2v) is 3.34. The van der Waals surface area contributed by atoms with Crippen molar-refractivity contribution in [1.82, 2.24) is 5.32 Å². The average Bonchev–Trinajstić information content (AvgIpc) is 2.50. The van der Waals surface area contributed by atoms with E-state index in [-0.39, 0.29) is 11.9 Å². The van der Waals surface area contributed by atoms with Gasteiger partial charge in [0.1, 0.15) is 11.9 Å². The zero-order valence-electron chi connectivity index (χ0n) is 7.71. The van der Waals surface area contributed by atoms with Crippen LogP contribution in [-0.4, -0.2) is 12.6 Å². The maximum Gasteiger partial charge on any atom is 0.407 e. The fraction of sp³-hybridized carbons (Fsp3) is 0.300. The summed E-state index contributed by atoms with van der Waals surface area (Å²) in [7, 11) is 0.